The molecule has 0 amide bonds. The Morgan fingerprint density at radius 1 is 1.08 bits per heavy atom. The number of ketones is 1. The lowest BCUT2D eigenvalue weighted by Gasteiger charge is -2.16. The third kappa shape index (κ3) is 5.59. The molecule has 136 valence electrons. The van der Waals surface area contributed by atoms with Crippen LogP contribution in [0.25, 0.3) is 0 Å². The number of hydrogen-bond acceptors (Lipinski definition) is 4. The van der Waals surface area contributed by atoms with Gasteiger partial charge < -0.3 is 9.47 Å². The summed E-state index contributed by atoms with van der Waals surface area (Å²) in [5, 5.41) is 0. The van der Waals surface area contributed by atoms with Gasteiger partial charge in [-0.25, -0.2) is 4.79 Å². The minimum absolute atomic E-state index is 0.0625. The molecule has 1 atom stereocenters. The van der Waals surface area contributed by atoms with Crippen molar-refractivity contribution < 1.29 is 19.1 Å². The van der Waals surface area contributed by atoms with Gasteiger partial charge in [0, 0.05) is 11.6 Å². The topological polar surface area (TPSA) is 52.6 Å². The maximum atomic E-state index is 12.7. The fraction of sp³-hybridized carbons (Fsp3) is 0.273. The van der Waals surface area contributed by atoms with Crippen LogP contribution < -0.4 is 4.74 Å². The molecule has 0 aliphatic heterocycles. The predicted octanol–water partition coefficient (Wildman–Crippen LogP) is 4.58. The Balaban J connectivity index is 1.93. The number of benzene rings is 2. The largest absolute Gasteiger partial charge is 0.493 e. The van der Waals surface area contributed by atoms with Crippen LogP contribution in [0.4, 0.5) is 0 Å². The monoisotopic (exact) mass is 352 g/mol. The van der Waals surface area contributed by atoms with E-state index in [1.807, 2.05) is 37.3 Å². The molecule has 0 N–H and O–H groups in total. The van der Waals surface area contributed by atoms with Gasteiger partial charge in [-0.15, -0.1) is 0 Å². The Bertz CT molecular complexity index is 737. The summed E-state index contributed by atoms with van der Waals surface area (Å²) in [4.78, 5) is 23.9. The highest BCUT2D eigenvalue weighted by Gasteiger charge is 2.14. The summed E-state index contributed by atoms with van der Waals surface area (Å²) in [6.45, 7) is 5.82. The smallest absolute Gasteiger partial charge is 0.330 e. The van der Waals surface area contributed by atoms with Crippen molar-refractivity contribution in [3.8, 4) is 5.75 Å². The van der Waals surface area contributed by atoms with Crippen molar-refractivity contribution in [1.29, 1.82) is 0 Å². The molecule has 0 saturated carbocycles. The molecule has 1 unspecified atom stereocenters. The van der Waals surface area contributed by atoms with Gasteiger partial charge in [0.2, 0.25) is 0 Å². The summed E-state index contributed by atoms with van der Waals surface area (Å²) in [5.74, 6) is 0.0987. The zero-order valence-electron chi connectivity index (χ0n) is 15.0. The Labute approximate surface area is 154 Å². The summed E-state index contributed by atoms with van der Waals surface area (Å²) >= 11 is 0. The molecule has 0 aliphatic carbocycles. The maximum Gasteiger partial charge on any atom is 0.330 e. The van der Waals surface area contributed by atoms with E-state index in [0.29, 0.717) is 29.9 Å². The molecule has 0 aromatic heterocycles. The first-order valence-electron chi connectivity index (χ1n) is 8.80. The second-order valence-corrected chi connectivity index (χ2v) is 5.85. The summed E-state index contributed by atoms with van der Waals surface area (Å²) < 4.78 is 11.1. The van der Waals surface area contributed by atoms with E-state index in [9.17, 15) is 9.59 Å². The second-order valence-electron chi connectivity index (χ2n) is 5.85. The van der Waals surface area contributed by atoms with Crippen molar-refractivity contribution >= 4 is 11.8 Å². The minimum atomic E-state index is -0.406. The molecule has 4 nitrogen and oxygen atoms in total. The van der Waals surface area contributed by atoms with Crippen LogP contribution in [0.2, 0.25) is 0 Å². The van der Waals surface area contributed by atoms with Crippen molar-refractivity contribution in [2.45, 2.75) is 32.3 Å². The van der Waals surface area contributed by atoms with Crippen LogP contribution in [0, 0.1) is 0 Å². The second kappa shape index (κ2) is 10.2. The SMILES string of the molecule is C=CC(=O)OC(CC)CCCOc1ccccc1C(=O)c1ccccc1. The van der Waals surface area contributed by atoms with Crippen LogP contribution in [-0.2, 0) is 9.53 Å². The molecule has 0 radical (unpaired) electrons. The fourth-order valence-electron chi connectivity index (χ4n) is 2.58. The summed E-state index contributed by atoms with van der Waals surface area (Å²) in [7, 11) is 0. The number of hydrogen-bond donors (Lipinski definition) is 0. The molecule has 4 heteroatoms. The Morgan fingerprint density at radius 3 is 2.46 bits per heavy atom. The minimum Gasteiger partial charge on any atom is -0.493 e. The normalized spacial score (nSPS) is 11.4. The number of carbonyl (C=O) groups excluding carboxylic acids is 2. The van der Waals surface area contributed by atoms with Crippen molar-refractivity contribution in [2.24, 2.45) is 0 Å². The van der Waals surface area contributed by atoms with E-state index in [4.69, 9.17) is 9.47 Å². The number of esters is 1. The zero-order chi connectivity index (χ0) is 18.8. The van der Waals surface area contributed by atoms with E-state index in [0.717, 1.165) is 12.8 Å². The lowest BCUT2D eigenvalue weighted by Crippen LogP contribution is -2.17. The van der Waals surface area contributed by atoms with E-state index < -0.39 is 5.97 Å². The van der Waals surface area contributed by atoms with Gasteiger partial charge in [0.1, 0.15) is 11.9 Å². The van der Waals surface area contributed by atoms with Crippen LogP contribution in [0.15, 0.2) is 67.3 Å². The van der Waals surface area contributed by atoms with E-state index in [1.165, 1.54) is 6.08 Å². The van der Waals surface area contributed by atoms with Gasteiger partial charge in [-0.1, -0.05) is 56.0 Å². The van der Waals surface area contributed by atoms with E-state index >= 15 is 0 Å². The number of carbonyl (C=O) groups is 2. The maximum absolute atomic E-state index is 12.7. The Hall–Kier alpha value is -2.88. The fourth-order valence-corrected chi connectivity index (χ4v) is 2.58. The molecule has 0 aliphatic rings. The van der Waals surface area contributed by atoms with E-state index in [2.05, 4.69) is 6.58 Å². The van der Waals surface area contributed by atoms with E-state index in [-0.39, 0.29) is 11.9 Å². The molecule has 26 heavy (non-hydrogen) atoms. The van der Waals surface area contributed by atoms with Gasteiger partial charge in [-0.3, -0.25) is 4.79 Å². The van der Waals surface area contributed by atoms with Crippen LogP contribution >= 0.6 is 0 Å². The van der Waals surface area contributed by atoms with Crippen LogP contribution in [0.3, 0.4) is 0 Å². The molecular weight excluding hydrogens is 328 g/mol. The molecule has 0 saturated heterocycles. The number of ether oxygens (including phenoxy) is 2. The summed E-state index contributed by atoms with van der Waals surface area (Å²) in [6.07, 6.45) is 3.18. The predicted molar refractivity (Wildman–Crippen MR) is 101 cm³/mol. The molecule has 0 spiro atoms. The first-order chi connectivity index (χ1) is 12.7. The highest BCUT2D eigenvalue weighted by atomic mass is 16.5. The van der Waals surface area contributed by atoms with Crippen molar-refractivity contribution in [2.75, 3.05) is 6.61 Å². The third-order valence-electron chi connectivity index (χ3n) is 4.00. The van der Waals surface area contributed by atoms with Crippen LogP contribution in [0.1, 0.15) is 42.1 Å². The van der Waals surface area contributed by atoms with Crippen molar-refractivity contribution in [3.63, 3.8) is 0 Å². The molecule has 0 fully saturated rings. The van der Waals surface area contributed by atoms with Gasteiger partial charge in [-0.2, -0.15) is 0 Å². The van der Waals surface area contributed by atoms with Crippen molar-refractivity contribution in [1.82, 2.24) is 0 Å². The number of para-hydroxylation sites is 1. The van der Waals surface area contributed by atoms with Gasteiger partial charge in [0.15, 0.2) is 5.78 Å². The molecule has 0 bridgehead atoms. The van der Waals surface area contributed by atoms with Gasteiger partial charge in [-0.05, 0) is 31.4 Å². The van der Waals surface area contributed by atoms with Crippen LogP contribution in [-0.4, -0.2) is 24.5 Å². The summed E-state index contributed by atoms with van der Waals surface area (Å²) in [6, 6.07) is 16.4. The summed E-state index contributed by atoms with van der Waals surface area (Å²) in [5.41, 5.74) is 1.18. The van der Waals surface area contributed by atoms with Gasteiger partial charge in [0.05, 0.1) is 12.2 Å². The third-order valence-corrected chi connectivity index (χ3v) is 4.00. The quantitative estimate of drug-likeness (QED) is 0.272. The standard InChI is InChI=1S/C22H24O4/c1-3-18(26-21(23)4-2)13-10-16-25-20-15-9-8-14-19(20)22(24)17-11-6-5-7-12-17/h4-9,11-12,14-15,18H,2-3,10,13,16H2,1H3. The molecule has 2 aromatic carbocycles. The highest BCUT2D eigenvalue weighted by Crippen LogP contribution is 2.22. The number of rotatable bonds is 10. The van der Waals surface area contributed by atoms with Gasteiger partial charge in [0.25, 0.3) is 0 Å². The highest BCUT2D eigenvalue weighted by molar-refractivity contribution is 6.10. The molecule has 0 heterocycles. The molecular formula is C22H24O4. The van der Waals surface area contributed by atoms with E-state index in [1.54, 1.807) is 24.3 Å². The lowest BCUT2D eigenvalue weighted by atomic mass is 10.0. The van der Waals surface area contributed by atoms with Crippen molar-refractivity contribution in [3.05, 3.63) is 78.4 Å². The first kappa shape index (κ1) is 19.4. The lowest BCUT2D eigenvalue weighted by molar-refractivity contribution is -0.143. The average molecular weight is 352 g/mol. The van der Waals surface area contributed by atoms with Crippen LogP contribution in [0.5, 0.6) is 5.75 Å². The Morgan fingerprint density at radius 2 is 1.77 bits per heavy atom. The average Bonchev–Trinajstić information content (AvgIpc) is 2.70. The van der Waals surface area contributed by atoms with Gasteiger partial charge >= 0.3 is 5.97 Å². The Kier molecular flexibility index (Phi) is 7.62. The molecule has 2 rings (SSSR count). The zero-order valence-corrected chi connectivity index (χ0v) is 15.0. The first-order valence-corrected chi connectivity index (χ1v) is 8.80. The molecule has 2 aromatic rings.